The van der Waals surface area contributed by atoms with E-state index in [1.165, 1.54) is 21.6 Å². The van der Waals surface area contributed by atoms with Crippen molar-refractivity contribution in [2.45, 2.75) is 13.0 Å². The van der Waals surface area contributed by atoms with Crippen molar-refractivity contribution in [2.24, 2.45) is 4.99 Å². The first-order valence-corrected chi connectivity index (χ1v) is 8.30. The molecule has 1 aliphatic rings. The predicted octanol–water partition coefficient (Wildman–Crippen LogP) is 3.06. The zero-order valence-electron chi connectivity index (χ0n) is 14.5. The number of hydrogen-bond donors (Lipinski definition) is 0. The Morgan fingerprint density at radius 1 is 1.26 bits per heavy atom. The van der Waals surface area contributed by atoms with Gasteiger partial charge in [-0.1, -0.05) is 6.07 Å². The monoisotopic (exact) mass is 369 g/mol. The van der Waals surface area contributed by atoms with Gasteiger partial charge in [0.25, 0.3) is 0 Å². The molecule has 7 nitrogen and oxygen atoms in total. The summed E-state index contributed by atoms with van der Waals surface area (Å²) in [5.41, 5.74) is 2.15. The molecule has 0 unspecified atom stereocenters. The van der Waals surface area contributed by atoms with Crippen molar-refractivity contribution >= 4 is 29.6 Å². The van der Waals surface area contributed by atoms with Crippen molar-refractivity contribution in [3.05, 3.63) is 58.3 Å². The number of oxazole rings is 1. The molecule has 27 heavy (non-hydrogen) atoms. The molecule has 0 radical (unpaired) electrons. The molecule has 0 N–H and O–H groups in total. The quantitative estimate of drug-likeness (QED) is 0.662. The van der Waals surface area contributed by atoms with E-state index >= 15 is 0 Å². The first-order chi connectivity index (χ1) is 13.0. The number of halogens is 1. The smallest absolute Gasteiger partial charge is 0.424 e. The number of carbonyl (C=O) groups is 1. The number of amides is 1. The van der Waals surface area contributed by atoms with Crippen molar-refractivity contribution in [1.29, 1.82) is 0 Å². The Labute approximate surface area is 153 Å². The Morgan fingerprint density at radius 3 is 2.81 bits per heavy atom. The number of rotatable bonds is 4. The SMILES string of the molecule is C=NC[C@H]1CN(c2ccc(-n3c(=O)oc4ccc(C)cc43)c(F)c2)C(=O)O1. The summed E-state index contributed by atoms with van der Waals surface area (Å²) in [5, 5.41) is 0. The highest BCUT2D eigenvalue weighted by atomic mass is 19.1. The molecule has 1 atom stereocenters. The van der Waals surface area contributed by atoms with Gasteiger partial charge in [-0.2, -0.15) is 0 Å². The van der Waals surface area contributed by atoms with Gasteiger partial charge in [0.1, 0.15) is 11.9 Å². The molecule has 1 amide bonds. The lowest BCUT2D eigenvalue weighted by molar-refractivity contribution is 0.145. The van der Waals surface area contributed by atoms with Crippen LogP contribution in [0.4, 0.5) is 14.9 Å². The van der Waals surface area contributed by atoms with E-state index in [0.29, 0.717) is 16.8 Å². The number of anilines is 1. The summed E-state index contributed by atoms with van der Waals surface area (Å²) < 4.78 is 26.4. The van der Waals surface area contributed by atoms with Crippen molar-refractivity contribution in [2.75, 3.05) is 18.0 Å². The standard InChI is InChI=1S/C19H16FN3O4/c1-11-3-6-17-16(7-11)23(19(25)27-17)15-5-4-12(8-14(15)20)22-10-13(9-21-2)26-18(22)24/h3-8,13H,2,9-10H2,1H3/t13-/m0/s1. The number of hydrogen-bond acceptors (Lipinski definition) is 5. The molecule has 0 aliphatic carbocycles. The first kappa shape index (κ1) is 17.0. The van der Waals surface area contributed by atoms with Crippen LogP contribution in [0.1, 0.15) is 5.56 Å². The van der Waals surface area contributed by atoms with Gasteiger partial charge in [0.05, 0.1) is 30.0 Å². The highest BCUT2D eigenvalue weighted by Crippen LogP contribution is 2.27. The van der Waals surface area contributed by atoms with Gasteiger partial charge in [-0.3, -0.25) is 9.89 Å². The van der Waals surface area contributed by atoms with Crippen LogP contribution in [0.15, 0.2) is 50.6 Å². The Bertz CT molecular complexity index is 1120. The van der Waals surface area contributed by atoms with E-state index in [4.69, 9.17) is 9.15 Å². The Balaban J connectivity index is 1.74. The van der Waals surface area contributed by atoms with Crippen molar-refractivity contribution in [1.82, 2.24) is 4.57 Å². The Hall–Kier alpha value is -3.42. The summed E-state index contributed by atoms with van der Waals surface area (Å²) in [6.07, 6.45) is -0.987. The third-order valence-electron chi connectivity index (χ3n) is 4.43. The highest BCUT2D eigenvalue weighted by molar-refractivity contribution is 5.90. The number of carbonyl (C=O) groups excluding carboxylic acids is 1. The van der Waals surface area contributed by atoms with Crippen LogP contribution in [0.3, 0.4) is 0 Å². The summed E-state index contributed by atoms with van der Waals surface area (Å²) in [4.78, 5) is 29.3. The van der Waals surface area contributed by atoms with E-state index in [9.17, 15) is 14.0 Å². The maximum absolute atomic E-state index is 14.8. The van der Waals surface area contributed by atoms with Crippen LogP contribution in [0.25, 0.3) is 16.8 Å². The van der Waals surface area contributed by atoms with E-state index in [1.807, 2.05) is 13.0 Å². The molecule has 1 aromatic heterocycles. The molecule has 3 aromatic rings. The van der Waals surface area contributed by atoms with Gasteiger partial charge < -0.3 is 9.15 Å². The van der Waals surface area contributed by atoms with Crippen molar-refractivity contribution < 1.29 is 18.3 Å². The summed E-state index contributed by atoms with van der Waals surface area (Å²) in [5.74, 6) is -1.34. The zero-order chi connectivity index (χ0) is 19.1. The summed E-state index contributed by atoms with van der Waals surface area (Å²) in [6, 6.07) is 9.42. The summed E-state index contributed by atoms with van der Waals surface area (Å²) >= 11 is 0. The van der Waals surface area contributed by atoms with Gasteiger partial charge in [-0.25, -0.2) is 18.5 Å². The largest absolute Gasteiger partial charge is 0.442 e. The molecule has 0 bridgehead atoms. The molecule has 1 aliphatic heterocycles. The number of ether oxygens (including phenoxy) is 1. The van der Waals surface area contributed by atoms with E-state index in [2.05, 4.69) is 11.7 Å². The zero-order valence-corrected chi connectivity index (χ0v) is 14.5. The third-order valence-corrected chi connectivity index (χ3v) is 4.43. The minimum atomic E-state index is -0.681. The maximum atomic E-state index is 14.8. The second-order valence-corrected chi connectivity index (χ2v) is 6.33. The molecule has 0 spiro atoms. The predicted molar refractivity (Wildman–Crippen MR) is 98.5 cm³/mol. The number of aliphatic imine (C=N–C) groups is 1. The molecule has 8 heteroatoms. The molecular formula is C19H16FN3O4. The van der Waals surface area contributed by atoms with E-state index in [0.717, 1.165) is 5.56 Å². The number of fused-ring (bicyclic) bond motifs is 1. The maximum Gasteiger partial charge on any atom is 0.424 e. The van der Waals surface area contributed by atoms with Gasteiger partial charge in [0.15, 0.2) is 5.58 Å². The van der Waals surface area contributed by atoms with E-state index in [-0.39, 0.29) is 18.8 Å². The fourth-order valence-corrected chi connectivity index (χ4v) is 3.17. The van der Waals surface area contributed by atoms with Gasteiger partial charge in [-0.05, 0) is 49.5 Å². The lowest BCUT2D eigenvalue weighted by Crippen LogP contribution is -2.25. The second-order valence-electron chi connectivity index (χ2n) is 6.33. The Morgan fingerprint density at radius 2 is 2.07 bits per heavy atom. The van der Waals surface area contributed by atoms with Crippen LogP contribution in [0, 0.1) is 12.7 Å². The van der Waals surface area contributed by atoms with Crippen LogP contribution < -0.4 is 10.7 Å². The van der Waals surface area contributed by atoms with Crippen LogP contribution in [-0.4, -0.2) is 36.6 Å². The van der Waals surface area contributed by atoms with Gasteiger partial charge in [0.2, 0.25) is 0 Å². The first-order valence-electron chi connectivity index (χ1n) is 8.30. The molecular weight excluding hydrogens is 353 g/mol. The molecule has 0 saturated carbocycles. The molecule has 1 fully saturated rings. The molecule has 2 aromatic carbocycles. The molecule has 2 heterocycles. The number of aryl methyl sites for hydroxylation is 1. The van der Waals surface area contributed by atoms with Crippen molar-refractivity contribution in [3.8, 4) is 5.69 Å². The van der Waals surface area contributed by atoms with Crippen LogP contribution >= 0.6 is 0 Å². The van der Waals surface area contributed by atoms with Gasteiger partial charge in [-0.15, -0.1) is 0 Å². The summed E-state index contributed by atoms with van der Waals surface area (Å²) in [7, 11) is 0. The normalized spacial score (nSPS) is 16.7. The number of benzene rings is 2. The lowest BCUT2D eigenvalue weighted by Gasteiger charge is -2.14. The fourth-order valence-electron chi connectivity index (χ4n) is 3.17. The fraction of sp³-hybridized carbons (Fsp3) is 0.211. The molecule has 4 rings (SSSR count). The van der Waals surface area contributed by atoms with E-state index < -0.39 is 23.8 Å². The summed E-state index contributed by atoms with van der Waals surface area (Å²) in [6.45, 7) is 5.78. The van der Waals surface area contributed by atoms with Crippen LogP contribution in [-0.2, 0) is 4.74 Å². The Kier molecular flexibility index (Phi) is 4.02. The third kappa shape index (κ3) is 2.88. The molecule has 138 valence electrons. The van der Waals surface area contributed by atoms with Gasteiger partial charge >= 0.3 is 11.8 Å². The average Bonchev–Trinajstić information content (AvgIpc) is 3.14. The van der Waals surface area contributed by atoms with Gasteiger partial charge in [0, 0.05) is 0 Å². The number of nitrogens with zero attached hydrogens (tertiary/aromatic N) is 3. The second kappa shape index (κ2) is 6.39. The molecule has 1 saturated heterocycles. The number of cyclic esters (lactones) is 1. The highest BCUT2D eigenvalue weighted by Gasteiger charge is 2.32. The average molecular weight is 369 g/mol. The minimum Gasteiger partial charge on any atom is -0.442 e. The number of aromatic nitrogens is 1. The van der Waals surface area contributed by atoms with E-state index in [1.54, 1.807) is 18.2 Å². The van der Waals surface area contributed by atoms with Crippen molar-refractivity contribution in [3.63, 3.8) is 0 Å². The lowest BCUT2D eigenvalue weighted by atomic mass is 10.2. The van der Waals surface area contributed by atoms with Crippen LogP contribution in [0.5, 0.6) is 0 Å². The topological polar surface area (TPSA) is 77.0 Å². The van der Waals surface area contributed by atoms with Crippen LogP contribution in [0.2, 0.25) is 0 Å². The minimum absolute atomic E-state index is 0.0463.